The van der Waals surface area contributed by atoms with Crippen LogP contribution in [0.25, 0.3) is 0 Å². The third-order valence-corrected chi connectivity index (χ3v) is 2.99. The molecule has 2 aromatic rings. The molecule has 2 rings (SSSR count). The van der Waals surface area contributed by atoms with Crippen LogP contribution in [0.3, 0.4) is 0 Å². The Kier molecular flexibility index (Phi) is 4.68. The van der Waals surface area contributed by atoms with Crippen molar-refractivity contribution >= 4 is 11.7 Å². The first-order valence-electron chi connectivity index (χ1n) is 6.29. The fraction of sp³-hybridized carbons (Fsp3) is 0.214. The summed E-state index contributed by atoms with van der Waals surface area (Å²) < 4.78 is 5.20. The largest absolute Gasteiger partial charge is 0.481 e. The number of hydrogen-bond donors (Lipinski definition) is 2. The minimum atomic E-state index is -0.980. The number of carbonyl (C=O) groups is 1. The zero-order valence-corrected chi connectivity index (χ0v) is 11.1. The molecular formula is C14H14N2O5. The number of nitrogens with one attached hydrogen (secondary N) is 1. The van der Waals surface area contributed by atoms with E-state index in [2.05, 4.69) is 5.32 Å². The van der Waals surface area contributed by atoms with Crippen LogP contribution in [-0.2, 0) is 11.3 Å². The Balaban J connectivity index is 2.12. The van der Waals surface area contributed by atoms with Crippen molar-refractivity contribution in [3.63, 3.8) is 0 Å². The molecule has 0 bridgehead atoms. The van der Waals surface area contributed by atoms with Crippen LogP contribution in [-0.4, -0.2) is 16.0 Å². The molecule has 0 saturated heterocycles. The number of nitro benzene ring substituents is 1. The molecule has 1 aromatic heterocycles. The van der Waals surface area contributed by atoms with Gasteiger partial charge in [-0.05, 0) is 12.1 Å². The second-order valence-corrected chi connectivity index (χ2v) is 4.43. The zero-order valence-electron chi connectivity index (χ0n) is 11.1. The van der Waals surface area contributed by atoms with E-state index in [1.54, 1.807) is 30.3 Å². The molecule has 21 heavy (non-hydrogen) atoms. The van der Waals surface area contributed by atoms with Crippen molar-refractivity contribution in [1.82, 2.24) is 5.32 Å². The number of carboxylic acid groups (broad SMARTS) is 1. The molecular weight excluding hydrogens is 276 g/mol. The Morgan fingerprint density at radius 2 is 2.10 bits per heavy atom. The van der Waals surface area contributed by atoms with Gasteiger partial charge >= 0.3 is 5.97 Å². The Bertz CT molecular complexity index is 624. The van der Waals surface area contributed by atoms with E-state index in [1.165, 1.54) is 12.3 Å². The van der Waals surface area contributed by atoms with Gasteiger partial charge in [-0.3, -0.25) is 14.9 Å². The van der Waals surface area contributed by atoms with Gasteiger partial charge in [0.1, 0.15) is 5.76 Å². The van der Waals surface area contributed by atoms with E-state index in [4.69, 9.17) is 9.52 Å². The Hall–Kier alpha value is -2.67. The number of rotatable bonds is 7. The standard InChI is InChI=1S/C14H14N2O5/c17-14(18)8-11(13-6-3-7-21-13)15-9-10-4-1-2-5-12(10)16(19)20/h1-7,11,15H,8-9H2,(H,17,18)/t11-/m0/s1. The summed E-state index contributed by atoms with van der Waals surface area (Å²) in [5.41, 5.74) is 0.489. The molecule has 0 unspecified atom stereocenters. The third kappa shape index (κ3) is 3.90. The quantitative estimate of drug-likeness (QED) is 0.599. The van der Waals surface area contributed by atoms with Gasteiger partial charge in [0.05, 0.1) is 23.6 Å². The first-order valence-corrected chi connectivity index (χ1v) is 6.29. The highest BCUT2D eigenvalue weighted by molar-refractivity contribution is 5.67. The molecule has 0 saturated carbocycles. The molecule has 0 fully saturated rings. The fourth-order valence-corrected chi connectivity index (χ4v) is 2.01. The van der Waals surface area contributed by atoms with Crippen molar-refractivity contribution in [2.45, 2.75) is 19.0 Å². The van der Waals surface area contributed by atoms with Gasteiger partial charge in [-0.1, -0.05) is 18.2 Å². The molecule has 0 aliphatic heterocycles. The second kappa shape index (κ2) is 6.67. The first-order chi connectivity index (χ1) is 10.1. The van der Waals surface area contributed by atoms with Gasteiger partial charge in [0, 0.05) is 18.2 Å². The van der Waals surface area contributed by atoms with E-state index in [0.29, 0.717) is 11.3 Å². The van der Waals surface area contributed by atoms with Crippen molar-refractivity contribution in [1.29, 1.82) is 0 Å². The van der Waals surface area contributed by atoms with E-state index in [-0.39, 0.29) is 18.7 Å². The van der Waals surface area contributed by atoms with E-state index in [0.717, 1.165) is 0 Å². The summed E-state index contributed by atoms with van der Waals surface area (Å²) in [6.07, 6.45) is 1.28. The number of para-hydroxylation sites is 1. The number of carboxylic acids is 1. The van der Waals surface area contributed by atoms with Crippen LogP contribution < -0.4 is 5.32 Å². The SMILES string of the molecule is O=C(O)C[C@H](NCc1ccccc1[N+](=O)[O-])c1ccco1. The van der Waals surface area contributed by atoms with Gasteiger partial charge in [0.2, 0.25) is 0 Å². The fourth-order valence-electron chi connectivity index (χ4n) is 2.01. The number of hydrogen-bond acceptors (Lipinski definition) is 5. The van der Waals surface area contributed by atoms with Crippen molar-refractivity contribution in [2.24, 2.45) is 0 Å². The minimum absolute atomic E-state index is 0.00137. The van der Waals surface area contributed by atoms with Crippen LogP contribution in [0.4, 0.5) is 5.69 Å². The van der Waals surface area contributed by atoms with Gasteiger partial charge in [0.15, 0.2) is 0 Å². The van der Waals surface area contributed by atoms with E-state index >= 15 is 0 Å². The summed E-state index contributed by atoms with van der Waals surface area (Å²) >= 11 is 0. The average molecular weight is 290 g/mol. The molecule has 0 radical (unpaired) electrons. The number of aliphatic carboxylic acids is 1. The summed E-state index contributed by atoms with van der Waals surface area (Å²) in [5.74, 6) is -0.498. The van der Waals surface area contributed by atoms with Crippen LogP contribution in [0.1, 0.15) is 23.8 Å². The van der Waals surface area contributed by atoms with Crippen LogP contribution in [0.5, 0.6) is 0 Å². The summed E-state index contributed by atoms with van der Waals surface area (Å²) in [7, 11) is 0. The van der Waals surface area contributed by atoms with Crippen molar-refractivity contribution in [2.75, 3.05) is 0 Å². The second-order valence-electron chi connectivity index (χ2n) is 4.43. The molecule has 2 N–H and O–H groups in total. The molecule has 0 amide bonds. The average Bonchev–Trinajstić information content (AvgIpc) is 2.97. The topological polar surface area (TPSA) is 106 Å². The van der Waals surface area contributed by atoms with Crippen LogP contribution in [0.2, 0.25) is 0 Å². The summed E-state index contributed by atoms with van der Waals surface area (Å²) in [4.78, 5) is 21.4. The lowest BCUT2D eigenvalue weighted by molar-refractivity contribution is -0.385. The lowest BCUT2D eigenvalue weighted by Gasteiger charge is -2.14. The molecule has 1 aromatic carbocycles. The predicted octanol–water partition coefficient (Wildman–Crippen LogP) is 2.49. The number of furan rings is 1. The molecule has 7 nitrogen and oxygen atoms in total. The lowest BCUT2D eigenvalue weighted by atomic mass is 10.1. The van der Waals surface area contributed by atoms with Crippen LogP contribution in [0.15, 0.2) is 47.1 Å². The summed E-state index contributed by atoms with van der Waals surface area (Å²) in [6.45, 7) is 0.176. The number of nitro groups is 1. The van der Waals surface area contributed by atoms with E-state index in [9.17, 15) is 14.9 Å². The van der Waals surface area contributed by atoms with Gasteiger partial charge < -0.3 is 14.8 Å². The molecule has 1 atom stereocenters. The van der Waals surface area contributed by atoms with Crippen molar-refractivity contribution in [3.8, 4) is 0 Å². The Morgan fingerprint density at radius 1 is 1.33 bits per heavy atom. The smallest absolute Gasteiger partial charge is 0.305 e. The third-order valence-electron chi connectivity index (χ3n) is 2.99. The van der Waals surface area contributed by atoms with Gasteiger partial charge in [-0.2, -0.15) is 0 Å². The molecule has 0 aliphatic rings. The maximum Gasteiger partial charge on any atom is 0.305 e. The van der Waals surface area contributed by atoms with Crippen molar-refractivity contribution < 1.29 is 19.2 Å². The highest BCUT2D eigenvalue weighted by Gasteiger charge is 2.19. The number of benzene rings is 1. The van der Waals surface area contributed by atoms with E-state index < -0.39 is 16.9 Å². The minimum Gasteiger partial charge on any atom is -0.481 e. The highest BCUT2D eigenvalue weighted by Crippen LogP contribution is 2.21. The zero-order chi connectivity index (χ0) is 15.2. The van der Waals surface area contributed by atoms with E-state index in [1.807, 2.05) is 0 Å². The maximum atomic E-state index is 10.9. The Morgan fingerprint density at radius 3 is 2.71 bits per heavy atom. The van der Waals surface area contributed by atoms with Crippen LogP contribution in [0, 0.1) is 10.1 Å². The first kappa shape index (κ1) is 14.7. The van der Waals surface area contributed by atoms with Gasteiger partial charge in [0.25, 0.3) is 5.69 Å². The molecule has 1 heterocycles. The van der Waals surface area contributed by atoms with Gasteiger partial charge in [-0.25, -0.2) is 0 Å². The lowest BCUT2D eigenvalue weighted by Crippen LogP contribution is -2.23. The van der Waals surface area contributed by atoms with Gasteiger partial charge in [-0.15, -0.1) is 0 Å². The molecule has 0 spiro atoms. The van der Waals surface area contributed by atoms with Crippen LogP contribution >= 0.6 is 0 Å². The Labute approximate surface area is 120 Å². The maximum absolute atomic E-state index is 10.9. The predicted molar refractivity (Wildman–Crippen MR) is 73.6 cm³/mol. The molecule has 0 aliphatic carbocycles. The molecule has 110 valence electrons. The normalized spacial score (nSPS) is 12.0. The van der Waals surface area contributed by atoms with Crippen molar-refractivity contribution in [3.05, 3.63) is 64.1 Å². The summed E-state index contributed by atoms with van der Waals surface area (Å²) in [6, 6.07) is 9.11. The monoisotopic (exact) mass is 290 g/mol. The highest BCUT2D eigenvalue weighted by atomic mass is 16.6. The molecule has 7 heteroatoms. The summed E-state index contributed by atoms with van der Waals surface area (Å²) in [5, 5.41) is 22.9. The number of nitrogens with zero attached hydrogens (tertiary/aromatic N) is 1.